The number of unbranched alkanes of at least 4 members (excludes halogenated alkanes) is 19. The Bertz CT molecular complexity index is 1390. The molecule has 0 saturated carbocycles. The molecule has 68 heavy (non-hydrogen) atoms. The largest absolute Gasteiger partial charge is 0.462 e. The van der Waals surface area contributed by atoms with Gasteiger partial charge in [0.25, 0.3) is 0 Å². The summed E-state index contributed by atoms with van der Waals surface area (Å²) >= 11 is 0. The summed E-state index contributed by atoms with van der Waals surface area (Å²) in [6.07, 6.45) is 80.9. The first-order valence-corrected chi connectivity index (χ1v) is 28.1. The molecule has 386 valence electrons. The fourth-order valence-electron chi connectivity index (χ4n) is 7.37. The molecule has 0 amide bonds. The maximum atomic E-state index is 12.8. The van der Waals surface area contributed by atoms with Gasteiger partial charge in [-0.1, -0.05) is 232 Å². The topological polar surface area (TPSA) is 61.8 Å². The van der Waals surface area contributed by atoms with Crippen molar-refractivity contribution in [1.29, 1.82) is 0 Å². The summed E-state index contributed by atoms with van der Waals surface area (Å²) in [5, 5.41) is 0. The summed E-state index contributed by atoms with van der Waals surface area (Å²) in [6.45, 7) is 7.47. The molecular formula is C63H104O5. The average Bonchev–Trinajstić information content (AvgIpc) is 3.34. The maximum Gasteiger partial charge on any atom is 0.306 e. The Balaban J connectivity index is 4.35. The van der Waals surface area contributed by atoms with E-state index in [1.807, 2.05) is 6.08 Å². The van der Waals surface area contributed by atoms with Crippen LogP contribution in [0.25, 0.3) is 0 Å². The maximum absolute atomic E-state index is 12.8. The van der Waals surface area contributed by atoms with E-state index in [1.54, 1.807) is 0 Å². The van der Waals surface area contributed by atoms with Gasteiger partial charge in [0.05, 0.1) is 6.61 Å². The van der Waals surface area contributed by atoms with Gasteiger partial charge in [0, 0.05) is 19.4 Å². The van der Waals surface area contributed by atoms with Crippen molar-refractivity contribution in [2.75, 3.05) is 19.8 Å². The number of hydrogen-bond acceptors (Lipinski definition) is 5. The van der Waals surface area contributed by atoms with E-state index in [-0.39, 0.29) is 31.6 Å². The van der Waals surface area contributed by atoms with Gasteiger partial charge >= 0.3 is 11.9 Å². The van der Waals surface area contributed by atoms with E-state index in [2.05, 4.69) is 136 Å². The molecule has 0 aliphatic rings. The highest BCUT2D eigenvalue weighted by Crippen LogP contribution is 2.14. The molecule has 0 bridgehead atoms. The Morgan fingerprint density at radius 3 is 1.12 bits per heavy atom. The zero-order valence-electron chi connectivity index (χ0n) is 44.3. The van der Waals surface area contributed by atoms with Gasteiger partial charge in [0.2, 0.25) is 0 Å². The van der Waals surface area contributed by atoms with E-state index < -0.39 is 6.10 Å². The third-order valence-corrected chi connectivity index (χ3v) is 11.5. The Morgan fingerprint density at radius 1 is 0.338 bits per heavy atom. The second-order valence-electron chi connectivity index (χ2n) is 18.1. The summed E-state index contributed by atoms with van der Waals surface area (Å²) in [6, 6.07) is 0. The standard InChI is InChI=1S/C63H104O5/c1-4-7-10-13-16-19-22-25-27-29-31-33-35-37-40-43-46-49-52-55-58-66-59-61(68-63(65)57-54-51-48-45-42-38-24-21-18-15-12-9-6-3)60-67-62(64)56-53-50-47-44-41-39-36-34-32-30-28-26-23-20-17-14-11-8-5-2/h8-9,11-12,16-21,25-28,32,34,38,42,48,51,61H,4-7,10,13-15,22-24,29-31,33,35-37,39-41,43-47,49-50,52-60H2,1-3H3/b11-8-,12-9-,19-16-,20-17-,21-18-,27-25-,28-26-,34-32-,42-38-,51-48-. The van der Waals surface area contributed by atoms with Crippen molar-refractivity contribution in [3.8, 4) is 0 Å². The fraction of sp³-hybridized carbons (Fsp3) is 0.651. The minimum absolute atomic E-state index is 0.0411. The molecule has 0 aromatic heterocycles. The summed E-state index contributed by atoms with van der Waals surface area (Å²) in [7, 11) is 0. The molecule has 1 unspecified atom stereocenters. The van der Waals surface area contributed by atoms with E-state index >= 15 is 0 Å². The van der Waals surface area contributed by atoms with Gasteiger partial charge in [-0.05, 0) is 116 Å². The van der Waals surface area contributed by atoms with Crippen LogP contribution in [-0.2, 0) is 23.8 Å². The minimum Gasteiger partial charge on any atom is -0.462 e. The molecule has 0 aromatic carbocycles. The average molecular weight is 942 g/mol. The molecule has 0 aliphatic heterocycles. The Kier molecular flexibility index (Phi) is 54.5. The van der Waals surface area contributed by atoms with Crippen LogP contribution in [0.1, 0.15) is 239 Å². The molecule has 0 radical (unpaired) electrons. The van der Waals surface area contributed by atoms with Gasteiger partial charge in [-0.2, -0.15) is 0 Å². The molecule has 0 aliphatic carbocycles. The number of carbonyl (C=O) groups excluding carboxylic acids is 2. The van der Waals surface area contributed by atoms with Gasteiger partial charge < -0.3 is 14.2 Å². The van der Waals surface area contributed by atoms with Crippen molar-refractivity contribution in [3.63, 3.8) is 0 Å². The zero-order valence-corrected chi connectivity index (χ0v) is 44.3. The van der Waals surface area contributed by atoms with Crippen LogP contribution in [0.2, 0.25) is 0 Å². The van der Waals surface area contributed by atoms with Crippen molar-refractivity contribution >= 4 is 11.9 Å². The number of carbonyl (C=O) groups is 2. The Hall–Kier alpha value is -3.70. The predicted octanol–water partition coefficient (Wildman–Crippen LogP) is 19.3. The fourth-order valence-corrected chi connectivity index (χ4v) is 7.37. The molecule has 0 saturated heterocycles. The van der Waals surface area contributed by atoms with Crippen LogP contribution in [-0.4, -0.2) is 37.9 Å². The van der Waals surface area contributed by atoms with Gasteiger partial charge in [-0.3, -0.25) is 9.59 Å². The van der Waals surface area contributed by atoms with Crippen molar-refractivity contribution in [3.05, 3.63) is 122 Å². The smallest absolute Gasteiger partial charge is 0.306 e. The van der Waals surface area contributed by atoms with Crippen LogP contribution in [0.15, 0.2) is 122 Å². The van der Waals surface area contributed by atoms with Crippen molar-refractivity contribution in [2.45, 2.75) is 245 Å². The van der Waals surface area contributed by atoms with Gasteiger partial charge in [0.1, 0.15) is 6.61 Å². The number of esters is 2. The summed E-state index contributed by atoms with van der Waals surface area (Å²) in [5.74, 6) is -0.512. The molecule has 0 aromatic rings. The van der Waals surface area contributed by atoms with E-state index in [4.69, 9.17) is 14.2 Å². The highest BCUT2D eigenvalue weighted by molar-refractivity contribution is 5.70. The second-order valence-corrected chi connectivity index (χ2v) is 18.1. The highest BCUT2D eigenvalue weighted by atomic mass is 16.6. The monoisotopic (exact) mass is 941 g/mol. The zero-order chi connectivity index (χ0) is 49.2. The van der Waals surface area contributed by atoms with E-state index in [0.29, 0.717) is 19.4 Å². The first kappa shape index (κ1) is 64.3. The molecule has 5 heteroatoms. The lowest BCUT2D eigenvalue weighted by atomic mass is 10.1. The molecule has 0 N–H and O–H groups in total. The first-order chi connectivity index (χ1) is 33.6. The summed E-state index contributed by atoms with van der Waals surface area (Å²) in [4.78, 5) is 25.4. The van der Waals surface area contributed by atoms with Crippen molar-refractivity contribution in [2.24, 2.45) is 0 Å². The number of ether oxygens (including phenoxy) is 3. The van der Waals surface area contributed by atoms with Gasteiger partial charge in [-0.15, -0.1) is 0 Å². The van der Waals surface area contributed by atoms with E-state index in [1.165, 1.54) is 103 Å². The highest BCUT2D eigenvalue weighted by Gasteiger charge is 2.17. The molecule has 5 nitrogen and oxygen atoms in total. The molecule has 0 spiro atoms. The summed E-state index contributed by atoms with van der Waals surface area (Å²) in [5.41, 5.74) is 0. The van der Waals surface area contributed by atoms with Crippen molar-refractivity contribution < 1.29 is 23.8 Å². The van der Waals surface area contributed by atoms with Crippen LogP contribution >= 0.6 is 0 Å². The lowest BCUT2D eigenvalue weighted by Crippen LogP contribution is -2.30. The Morgan fingerprint density at radius 2 is 0.691 bits per heavy atom. The quantitative estimate of drug-likeness (QED) is 0.0345. The lowest BCUT2D eigenvalue weighted by Gasteiger charge is -2.18. The van der Waals surface area contributed by atoms with Gasteiger partial charge in [0.15, 0.2) is 6.10 Å². The normalized spacial score (nSPS) is 13.2. The number of hydrogen-bond donors (Lipinski definition) is 0. The second kappa shape index (κ2) is 57.6. The van der Waals surface area contributed by atoms with E-state index in [9.17, 15) is 9.59 Å². The van der Waals surface area contributed by atoms with Crippen LogP contribution in [0.4, 0.5) is 0 Å². The van der Waals surface area contributed by atoms with E-state index in [0.717, 1.165) is 96.3 Å². The molecule has 0 rings (SSSR count). The van der Waals surface area contributed by atoms with Crippen LogP contribution in [0.3, 0.4) is 0 Å². The Labute approximate surface area is 420 Å². The van der Waals surface area contributed by atoms with Crippen LogP contribution in [0, 0.1) is 0 Å². The molecule has 0 heterocycles. The first-order valence-electron chi connectivity index (χ1n) is 28.1. The van der Waals surface area contributed by atoms with Crippen molar-refractivity contribution in [1.82, 2.24) is 0 Å². The molecule has 1 atom stereocenters. The number of allylic oxidation sites excluding steroid dienone is 20. The lowest BCUT2D eigenvalue weighted by molar-refractivity contribution is -0.162. The number of rotatable bonds is 50. The molecular weight excluding hydrogens is 837 g/mol. The third-order valence-electron chi connectivity index (χ3n) is 11.5. The predicted molar refractivity (Wildman–Crippen MR) is 297 cm³/mol. The minimum atomic E-state index is -0.590. The summed E-state index contributed by atoms with van der Waals surface area (Å²) < 4.78 is 17.4. The third kappa shape index (κ3) is 54.9. The van der Waals surface area contributed by atoms with Gasteiger partial charge in [-0.25, -0.2) is 0 Å². The van der Waals surface area contributed by atoms with Crippen LogP contribution in [0.5, 0.6) is 0 Å². The molecule has 0 fully saturated rings. The SMILES string of the molecule is CC/C=C\C/C=C\C/C=C\C/C=C\CCCCCCCCC(=O)OCC(COCCCCCCCCCCCC/C=C\C/C=C\CCCCC)OC(=O)CC/C=C\C/C=C\C/C=C\C/C=C\CC. The van der Waals surface area contributed by atoms with Crippen LogP contribution < -0.4 is 0 Å².